The molecule has 4 rings (SSSR count). The summed E-state index contributed by atoms with van der Waals surface area (Å²) in [5.74, 6) is 0. The molecule has 0 amide bonds. The number of pyridine rings is 1. The predicted octanol–water partition coefficient (Wildman–Crippen LogP) is 5.10. The first-order valence-corrected chi connectivity index (χ1v) is 8.62. The Bertz CT molecular complexity index is 975. The molecule has 0 aliphatic carbocycles. The third-order valence-electron chi connectivity index (χ3n) is 4.91. The number of imidazole rings is 1. The van der Waals surface area contributed by atoms with Crippen molar-refractivity contribution in [3.63, 3.8) is 0 Å². The van der Waals surface area contributed by atoms with Gasteiger partial charge in [0.15, 0.2) is 0 Å². The highest BCUT2D eigenvalue weighted by Crippen LogP contribution is 2.29. The molecule has 118 valence electrons. The van der Waals surface area contributed by atoms with E-state index in [0.717, 1.165) is 12.1 Å². The summed E-state index contributed by atoms with van der Waals surface area (Å²) in [5, 5.41) is 2.60. The van der Waals surface area contributed by atoms with Crippen LogP contribution in [-0.4, -0.2) is 14.0 Å². The normalized spacial score (nSPS) is 11.9. The van der Waals surface area contributed by atoms with E-state index in [-0.39, 0.29) is 0 Å². The number of hydrogen-bond donors (Lipinski definition) is 0. The van der Waals surface area contributed by atoms with Crippen molar-refractivity contribution in [3.05, 3.63) is 48.4 Å². The van der Waals surface area contributed by atoms with Crippen LogP contribution in [0, 0.1) is 0 Å². The molecule has 0 bridgehead atoms. The highest BCUT2D eigenvalue weighted by molar-refractivity contribution is 6.08. The zero-order valence-corrected chi connectivity index (χ0v) is 13.9. The van der Waals surface area contributed by atoms with E-state index in [2.05, 4.69) is 64.5 Å². The first-order valence-electron chi connectivity index (χ1n) is 8.62. The largest absolute Gasteiger partial charge is 0.342 e. The minimum atomic E-state index is 1.05. The van der Waals surface area contributed by atoms with Gasteiger partial charge < -0.3 is 8.97 Å². The maximum absolute atomic E-state index is 4.64. The van der Waals surface area contributed by atoms with E-state index in [1.807, 2.05) is 6.20 Å². The molecule has 0 unspecified atom stereocenters. The topological polar surface area (TPSA) is 22.2 Å². The lowest BCUT2D eigenvalue weighted by atomic mass is 10.1. The molecule has 0 aliphatic heterocycles. The number of aromatic nitrogens is 3. The fourth-order valence-electron chi connectivity index (χ4n) is 3.59. The maximum atomic E-state index is 4.64. The summed E-state index contributed by atoms with van der Waals surface area (Å²) < 4.78 is 4.55. The number of nitrogens with zero attached hydrogens (tertiary/aromatic N) is 3. The molecule has 0 saturated heterocycles. The Morgan fingerprint density at radius 2 is 1.87 bits per heavy atom. The van der Waals surface area contributed by atoms with E-state index in [1.54, 1.807) is 0 Å². The molecule has 1 aromatic carbocycles. The number of hydrogen-bond acceptors (Lipinski definition) is 1. The van der Waals surface area contributed by atoms with Gasteiger partial charge in [0, 0.05) is 41.4 Å². The van der Waals surface area contributed by atoms with E-state index < -0.39 is 0 Å². The first kappa shape index (κ1) is 14.3. The van der Waals surface area contributed by atoms with Crippen molar-refractivity contribution in [2.24, 2.45) is 7.05 Å². The van der Waals surface area contributed by atoms with E-state index in [0.29, 0.717) is 0 Å². The Hall–Kier alpha value is -2.29. The highest BCUT2D eigenvalue weighted by atomic mass is 15.0. The first-order chi connectivity index (χ1) is 11.3. The third kappa shape index (κ3) is 2.31. The van der Waals surface area contributed by atoms with Gasteiger partial charge in [-0.05, 0) is 25.0 Å². The van der Waals surface area contributed by atoms with Crippen LogP contribution in [0.25, 0.3) is 27.5 Å². The van der Waals surface area contributed by atoms with Crippen LogP contribution in [0.15, 0.2) is 42.7 Å². The molecule has 0 saturated carbocycles. The van der Waals surface area contributed by atoms with Crippen molar-refractivity contribution in [2.45, 2.75) is 39.0 Å². The SMILES string of the molecule is CCCCCCc1cnc2cc3c4ccccc4n(C)c3cn12. The smallest absolute Gasteiger partial charge is 0.137 e. The third-order valence-corrected chi connectivity index (χ3v) is 4.91. The Balaban J connectivity index is 1.82. The van der Waals surface area contributed by atoms with Crippen LogP contribution in [-0.2, 0) is 13.5 Å². The fourth-order valence-corrected chi connectivity index (χ4v) is 3.59. The van der Waals surface area contributed by atoms with Gasteiger partial charge in [-0.25, -0.2) is 4.98 Å². The lowest BCUT2D eigenvalue weighted by Crippen LogP contribution is -1.95. The standard InChI is InChI=1S/C20H23N3/c1-3-4-5-6-9-15-13-21-20-12-17-16-10-7-8-11-18(16)22(2)19(17)14-23(15)20/h7-8,10-14H,3-6,9H2,1-2H3. The van der Waals surface area contributed by atoms with E-state index in [9.17, 15) is 0 Å². The van der Waals surface area contributed by atoms with Gasteiger partial charge >= 0.3 is 0 Å². The zero-order valence-electron chi connectivity index (χ0n) is 13.9. The van der Waals surface area contributed by atoms with E-state index in [1.165, 1.54) is 53.2 Å². The average Bonchev–Trinajstić information content (AvgIpc) is 3.10. The van der Waals surface area contributed by atoms with Gasteiger partial charge in [-0.15, -0.1) is 0 Å². The van der Waals surface area contributed by atoms with Crippen molar-refractivity contribution >= 4 is 27.5 Å². The number of aryl methyl sites for hydroxylation is 2. The number of benzene rings is 1. The van der Waals surface area contributed by atoms with Gasteiger partial charge in [-0.3, -0.25) is 0 Å². The molecule has 4 aromatic rings. The lowest BCUT2D eigenvalue weighted by Gasteiger charge is -2.04. The van der Waals surface area contributed by atoms with Crippen LogP contribution in [0.5, 0.6) is 0 Å². The molecule has 0 atom stereocenters. The predicted molar refractivity (Wildman–Crippen MR) is 97.0 cm³/mol. The van der Waals surface area contributed by atoms with Gasteiger partial charge in [-0.1, -0.05) is 44.4 Å². The van der Waals surface area contributed by atoms with Gasteiger partial charge in [0.2, 0.25) is 0 Å². The molecule has 0 N–H and O–H groups in total. The molecular weight excluding hydrogens is 282 g/mol. The molecule has 0 radical (unpaired) electrons. The van der Waals surface area contributed by atoms with Gasteiger partial charge in [-0.2, -0.15) is 0 Å². The van der Waals surface area contributed by atoms with E-state index >= 15 is 0 Å². The number of fused-ring (bicyclic) bond motifs is 4. The molecule has 3 heteroatoms. The minimum Gasteiger partial charge on any atom is -0.342 e. The van der Waals surface area contributed by atoms with Crippen LogP contribution in [0.4, 0.5) is 0 Å². The lowest BCUT2D eigenvalue weighted by molar-refractivity contribution is 0.659. The van der Waals surface area contributed by atoms with Crippen LogP contribution in [0.2, 0.25) is 0 Å². The zero-order chi connectivity index (χ0) is 15.8. The van der Waals surface area contributed by atoms with Crippen molar-refractivity contribution in [1.29, 1.82) is 0 Å². The van der Waals surface area contributed by atoms with Gasteiger partial charge in [0.1, 0.15) is 5.65 Å². The van der Waals surface area contributed by atoms with Crippen LogP contribution < -0.4 is 0 Å². The van der Waals surface area contributed by atoms with Crippen molar-refractivity contribution < 1.29 is 0 Å². The Morgan fingerprint density at radius 3 is 2.74 bits per heavy atom. The molecule has 3 heterocycles. The summed E-state index contributed by atoms with van der Waals surface area (Å²) in [7, 11) is 2.15. The summed E-state index contributed by atoms with van der Waals surface area (Å²) in [4.78, 5) is 4.64. The second-order valence-electron chi connectivity index (χ2n) is 6.44. The average molecular weight is 305 g/mol. The second-order valence-corrected chi connectivity index (χ2v) is 6.44. The Kier molecular flexibility index (Phi) is 3.56. The summed E-state index contributed by atoms with van der Waals surface area (Å²) in [6.45, 7) is 2.25. The van der Waals surface area contributed by atoms with Crippen molar-refractivity contribution in [3.8, 4) is 0 Å². The Morgan fingerprint density at radius 1 is 1.00 bits per heavy atom. The maximum Gasteiger partial charge on any atom is 0.137 e. The quantitative estimate of drug-likeness (QED) is 0.470. The molecule has 0 spiro atoms. The summed E-state index contributed by atoms with van der Waals surface area (Å²) in [6.07, 6.45) is 10.6. The number of rotatable bonds is 5. The molecule has 3 nitrogen and oxygen atoms in total. The van der Waals surface area contributed by atoms with Gasteiger partial charge in [0.25, 0.3) is 0 Å². The molecule has 23 heavy (non-hydrogen) atoms. The summed E-state index contributed by atoms with van der Waals surface area (Å²) >= 11 is 0. The fraction of sp³-hybridized carbons (Fsp3) is 0.350. The molecule has 0 fully saturated rings. The van der Waals surface area contributed by atoms with Crippen molar-refractivity contribution in [2.75, 3.05) is 0 Å². The van der Waals surface area contributed by atoms with Crippen molar-refractivity contribution in [1.82, 2.24) is 14.0 Å². The minimum absolute atomic E-state index is 1.05. The number of unbranched alkanes of at least 4 members (excludes halogenated alkanes) is 3. The molecule has 0 aliphatic rings. The Labute approximate surface area is 136 Å². The second kappa shape index (κ2) is 5.73. The highest BCUT2D eigenvalue weighted by Gasteiger charge is 2.11. The number of para-hydroxylation sites is 1. The van der Waals surface area contributed by atoms with Crippen LogP contribution >= 0.6 is 0 Å². The van der Waals surface area contributed by atoms with Gasteiger partial charge in [0.05, 0.1) is 5.52 Å². The monoisotopic (exact) mass is 305 g/mol. The summed E-state index contributed by atoms with van der Waals surface area (Å²) in [5.41, 5.74) is 4.93. The van der Waals surface area contributed by atoms with Crippen LogP contribution in [0.3, 0.4) is 0 Å². The molecule has 3 aromatic heterocycles. The molecular formula is C20H23N3. The van der Waals surface area contributed by atoms with Crippen LogP contribution in [0.1, 0.15) is 38.3 Å². The van der Waals surface area contributed by atoms with E-state index in [4.69, 9.17) is 0 Å². The summed E-state index contributed by atoms with van der Waals surface area (Å²) in [6, 6.07) is 10.8.